The first-order valence-corrected chi connectivity index (χ1v) is 6.74. The molecule has 1 aromatic rings. The minimum Gasteiger partial charge on any atom is -0.493 e. The van der Waals surface area contributed by atoms with Crippen molar-refractivity contribution in [2.24, 2.45) is 5.92 Å². The molecule has 0 spiro atoms. The van der Waals surface area contributed by atoms with Crippen molar-refractivity contribution in [3.05, 3.63) is 29.8 Å². The van der Waals surface area contributed by atoms with Crippen molar-refractivity contribution in [2.75, 3.05) is 19.7 Å². The minimum absolute atomic E-state index is 0.0280. The maximum Gasteiger partial charge on any atom is 0.303 e. The Kier molecular flexibility index (Phi) is 4.61. The smallest absolute Gasteiger partial charge is 0.303 e. The second-order valence-electron chi connectivity index (χ2n) is 5.13. The normalized spacial score (nSPS) is 14.8. The summed E-state index contributed by atoms with van der Waals surface area (Å²) in [5.74, 6) is 0.131. The van der Waals surface area contributed by atoms with Crippen LogP contribution in [0.3, 0.4) is 0 Å². The quantitative estimate of drug-likeness (QED) is 0.859. The molecule has 0 bridgehead atoms. The number of benzene rings is 1. The Bertz CT molecular complexity index is 494. The maximum absolute atomic E-state index is 11.8. The Labute approximate surface area is 118 Å². The molecule has 5 heteroatoms. The van der Waals surface area contributed by atoms with Crippen LogP contribution in [-0.2, 0) is 9.59 Å². The average Bonchev–Trinajstić information content (AvgIpc) is 2.35. The molecule has 0 aromatic heterocycles. The molecule has 108 valence electrons. The lowest BCUT2D eigenvalue weighted by atomic mass is 9.96. The lowest BCUT2D eigenvalue weighted by Gasteiger charge is -2.38. The van der Waals surface area contributed by atoms with Gasteiger partial charge in [-0.3, -0.25) is 9.59 Å². The van der Waals surface area contributed by atoms with E-state index in [9.17, 15) is 9.59 Å². The van der Waals surface area contributed by atoms with Crippen LogP contribution < -0.4 is 4.74 Å². The molecule has 1 saturated heterocycles. The van der Waals surface area contributed by atoms with Gasteiger partial charge in [-0.05, 0) is 18.6 Å². The van der Waals surface area contributed by atoms with Crippen molar-refractivity contribution in [1.82, 2.24) is 4.90 Å². The number of likely N-dealkylation sites (tertiary alicyclic amines) is 1. The summed E-state index contributed by atoms with van der Waals surface area (Å²) >= 11 is 0. The molecule has 1 N–H and O–H groups in total. The Morgan fingerprint density at radius 3 is 2.70 bits per heavy atom. The first-order valence-electron chi connectivity index (χ1n) is 6.74. The van der Waals surface area contributed by atoms with Crippen LogP contribution >= 0.6 is 0 Å². The SMILES string of the molecule is Cc1ccccc1OCCC(=O)N1CC(CC(=O)O)C1. The Balaban J connectivity index is 1.67. The van der Waals surface area contributed by atoms with E-state index in [1.165, 1.54) is 0 Å². The van der Waals surface area contributed by atoms with Crippen LogP contribution in [0.2, 0.25) is 0 Å². The molecule has 0 radical (unpaired) electrons. The second-order valence-corrected chi connectivity index (χ2v) is 5.13. The molecule has 1 heterocycles. The molecule has 0 aliphatic carbocycles. The molecular weight excluding hydrogens is 258 g/mol. The predicted octanol–water partition coefficient (Wildman–Crippen LogP) is 1.70. The summed E-state index contributed by atoms with van der Waals surface area (Å²) in [4.78, 5) is 24.0. The molecule has 1 amide bonds. The minimum atomic E-state index is -0.801. The Morgan fingerprint density at radius 1 is 1.35 bits per heavy atom. The van der Waals surface area contributed by atoms with Crippen molar-refractivity contribution >= 4 is 11.9 Å². The molecule has 0 saturated carbocycles. The van der Waals surface area contributed by atoms with Gasteiger partial charge in [-0.2, -0.15) is 0 Å². The highest BCUT2D eigenvalue weighted by Crippen LogP contribution is 2.20. The second kappa shape index (κ2) is 6.41. The summed E-state index contributed by atoms with van der Waals surface area (Å²) in [6, 6.07) is 7.68. The number of aryl methyl sites for hydroxylation is 1. The van der Waals surface area contributed by atoms with Crippen LogP contribution in [-0.4, -0.2) is 41.6 Å². The van der Waals surface area contributed by atoms with Crippen LogP contribution in [0.5, 0.6) is 5.75 Å². The van der Waals surface area contributed by atoms with Crippen LogP contribution in [0.1, 0.15) is 18.4 Å². The van der Waals surface area contributed by atoms with Crippen molar-refractivity contribution < 1.29 is 19.4 Å². The third-order valence-corrected chi connectivity index (χ3v) is 3.44. The number of carboxylic acid groups (broad SMARTS) is 1. The number of hydrogen-bond acceptors (Lipinski definition) is 3. The Morgan fingerprint density at radius 2 is 2.05 bits per heavy atom. The summed E-state index contributed by atoms with van der Waals surface area (Å²) in [6.45, 7) is 3.41. The van der Waals surface area contributed by atoms with Crippen LogP contribution in [0.15, 0.2) is 24.3 Å². The van der Waals surface area contributed by atoms with Gasteiger partial charge in [-0.1, -0.05) is 18.2 Å². The van der Waals surface area contributed by atoms with E-state index >= 15 is 0 Å². The predicted molar refractivity (Wildman–Crippen MR) is 73.6 cm³/mol. The van der Waals surface area contributed by atoms with E-state index in [4.69, 9.17) is 9.84 Å². The number of carbonyl (C=O) groups excluding carboxylic acids is 1. The lowest BCUT2D eigenvalue weighted by molar-refractivity contribution is -0.145. The number of nitrogens with zero attached hydrogens (tertiary/aromatic N) is 1. The number of ether oxygens (including phenoxy) is 1. The first kappa shape index (κ1) is 14.4. The third kappa shape index (κ3) is 3.73. The summed E-state index contributed by atoms with van der Waals surface area (Å²) < 4.78 is 5.58. The molecule has 1 fully saturated rings. The largest absolute Gasteiger partial charge is 0.493 e. The van der Waals surface area contributed by atoms with Gasteiger partial charge in [-0.15, -0.1) is 0 Å². The fourth-order valence-electron chi connectivity index (χ4n) is 2.27. The molecule has 1 aromatic carbocycles. The lowest BCUT2D eigenvalue weighted by Crippen LogP contribution is -2.50. The van der Waals surface area contributed by atoms with Crippen molar-refractivity contribution in [3.63, 3.8) is 0 Å². The van der Waals surface area contributed by atoms with E-state index in [0.717, 1.165) is 11.3 Å². The molecule has 0 unspecified atom stereocenters. The van der Waals surface area contributed by atoms with Gasteiger partial charge in [0.05, 0.1) is 19.4 Å². The molecular formula is C15H19NO4. The number of amides is 1. The molecule has 5 nitrogen and oxygen atoms in total. The summed E-state index contributed by atoms with van der Waals surface area (Å²) in [6.07, 6.45) is 0.470. The zero-order chi connectivity index (χ0) is 14.5. The monoisotopic (exact) mass is 277 g/mol. The van der Waals surface area contributed by atoms with E-state index in [0.29, 0.717) is 26.1 Å². The van der Waals surface area contributed by atoms with E-state index in [1.54, 1.807) is 4.90 Å². The van der Waals surface area contributed by atoms with Crippen LogP contribution in [0.4, 0.5) is 0 Å². The standard InChI is InChI=1S/C15H19NO4/c1-11-4-2-3-5-13(11)20-7-6-14(17)16-9-12(10-16)8-15(18)19/h2-5,12H,6-10H2,1H3,(H,18,19). The molecule has 0 atom stereocenters. The van der Waals surface area contributed by atoms with Crippen molar-refractivity contribution in [2.45, 2.75) is 19.8 Å². The van der Waals surface area contributed by atoms with E-state index in [1.807, 2.05) is 31.2 Å². The zero-order valence-corrected chi connectivity index (χ0v) is 11.5. The fourth-order valence-corrected chi connectivity index (χ4v) is 2.27. The van der Waals surface area contributed by atoms with Gasteiger partial charge < -0.3 is 14.7 Å². The number of aliphatic carboxylic acids is 1. The molecule has 1 aliphatic heterocycles. The molecule has 1 aliphatic rings. The number of para-hydroxylation sites is 1. The zero-order valence-electron chi connectivity index (χ0n) is 11.5. The fraction of sp³-hybridized carbons (Fsp3) is 0.467. The Hall–Kier alpha value is -2.04. The van der Waals surface area contributed by atoms with Gasteiger partial charge in [0, 0.05) is 19.0 Å². The van der Waals surface area contributed by atoms with Gasteiger partial charge in [0.15, 0.2) is 0 Å². The van der Waals surface area contributed by atoms with Gasteiger partial charge in [0.2, 0.25) is 5.91 Å². The highest BCUT2D eigenvalue weighted by atomic mass is 16.5. The highest BCUT2D eigenvalue weighted by molar-refractivity contribution is 5.77. The van der Waals surface area contributed by atoms with Crippen molar-refractivity contribution in [1.29, 1.82) is 0 Å². The third-order valence-electron chi connectivity index (χ3n) is 3.44. The first-order chi connectivity index (χ1) is 9.56. The van der Waals surface area contributed by atoms with Gasteiger partial charge in [0.25, 0.3) is 0 Å². The number of hydrogen-bond donors (Lipinski definition) is 1. The summed E-state index contributed by atoms with van der Waals surface area (Å²) in [5.41, 5.74) is 1.05. The highest BCUT2D eigenvalue weighted by Gasteiger charge is 2.31. The van der Waals surface area contributed by atoms with E-state index < -0.39 is 5.97 Å². The van der Waals surface area contributed by atoms with E-state index in [-0.39, 0.29) is 18.2 Å². The average molecular weight is 277 g/mol. The topological polar surface area (TPSA) is 66.8 Å². The van der Waals surface area contributed by atoms with Gasteiger partial charge in [-0.25, -0.2) is 0 Å². The van der Waals surface area contributed by atoms with Crippen LogP contribution in [0.25, 0.3) is 0 Å². The van der Waals surface area contributed by atoms with Crippen molar-refractivity contribution in [3.8, 4) is 5.75 Å². The number of carbonyl (C=O) groups is 2. The number of rotatable bonds is 6. The summed E-state index contributed by atoms with van der Waals surface area (Å²) in [7, 11) is 0. The summed E-state index contributed by atoms with van der Waals surface area (Å²) in [5, 5.41) is 8.64. The van der Waals surface area contributed by atoms with Gasteiger partial charge >= 0.3 is 5.97 Å². The van der Waals surface area contributed by atoms with Gasteiger partial charge in [0.1, 0.15) is 5.75 Å². The number of carboxylic acids is 1. The van der Waals surface area contributed by atoms with E-state index in [2.05, 4.69) is 0 Å². The molecule has 2 rings (SSSR count). The van der Waals surface area contributed by atoms with Crippen LogP contribution in [0, 0.1) is 12.8 Å². The molecule has 20 heavy (non-hydrogen) atoms. The maximum atomic E-state index is 11.8.